The molecule has 0 spiro atoms. The third-order valence-electron chi connectivity index (χ3n) is 2.45. The molecule has 0 radical (unpaired) electrons. The highest BCUT2D eigenvalue weighted by atomic mass is 16.6. The smallest absolute Gasteiger partial charge is 0.165 e. The number of nitrogens with zero attached hydrogens (tertiary/aromatic N) is 2. The van der Waals surface area contributed by atoms with Gasteiger partial charge >= 0.3 is 0 Å². The molecule has 14 heavy (non-hydrogen) atoms. The summed E-state index contributed by atoms with van der Waals surface area (Å²) in [4.78, 5) is 3.82. The first kappa shape index (κ1) is 9.45. The van der Waals surface area contributed by atoms with Crippen molar-refractivity contribution in [2.24, 2.45) is 0 Å². The molecule has 2 rings (SSSR count). The van der Waals surface area contributed by atoms with Crippen molar-refractivity contribution in [3.05, 3.63) is 12.5 Å². The molecular weight excluding hydrogens is 186 g/mol. The van der Waals surface area contributed by atoms with E-state index in [1.807, 2.05) is 0 Å². The molecule has 1 aromatic rings. The van der Waals surface area contributed by atoms with Crippen molar-refractivity contribution in [3.8, 4) is 0 Å². The van der Waals surface area contributed by atoms with E-state index in [-0.39, 0.29) is 0 Å². The standard InChI is InChI=1S/C8H13N3O3/c1-4-6(12)7(13)8(14-4)11-3-10-2-5(11)9/h2-4,6-8,12-13H,9H2,1H3/t4-,6-,7-,8-/m1/s1. The van der Waals surface area contributed by atoms with Crippen LogP contribution in [-0.4, -0.2) is 38.1 Å². The fraction of sp³-hybridized carbons (Fsp3) is 0.625. The number of hydrogen-bond donors (Lipinski definition) is 3. The Bertz CT molecular complexity index is 327. The van der Waals surface area contributed by atoms with Crippen molar-refractivity contribution in [2.45, 2.75) is 31.5 Å². The van der Waals surface area contributed by atoms with E-state index in [0.717, 1.165) is 0 Å². The Morgan fingerprint density at radius 1 is 1.50 bits per heavy atom. The van der Waals surface area contributed by atoms with Crippen molar-refractivity contribution >= 4 is 5.82 Å². The Kier molecular flexibility index (Phi) is 2.18. The monoisotopic (exact) mass is 199 g/mol. The van der Waals surface area contributed by atoms with E-state index in [1.54, 1.807) is 6.92 Å². The first-order valence-corrected chi connectivity index (χ1v) is 4.40. The number of aliphatic hydroxyl groups excluding tert-OH is 2. The molecule has 4 atom stereocenters. The van der Waals surface area contributed by atoms with Crippen LogP contribution in [0.5, 0.6) is 0 Å². The number of anilines is 1. The van der Waals surface area contributed by atoms with Gasteiger partial charge in [-0.3, -0.25) is 4.57 Å². The summed E-state index contributed by atoms with van der Waals surface area (Å²) in [7, 11) is 0. The van der Waals surface area contributed by atoms with Crippen LogP contribution in [0, 0.1) is 0 Å². The summed E-state index contributed by atoms with van der Waals surface area (Å²) >= 11 is 0. The average molecular weight is 199 g/mol. The molecule has 78 valence electrons. The molecule has 0 amide bonds. The fourth-order valence-electron chi connectivity index (χ4n) is 1.58. The molecule has 0 saturated carbocycles. The zero-order valence-electron chi connectivity index (χ0n) is 7.74. The van der Waals surface area contributed by atoms with Crippen LogP contribution in [0.2, 0.25) is 0 Å². The molecule has 2 heterocycles. The zero-order chi connectivity index (χ0) is 10.3. The van der Waals surface area contributed by atoms with Gasteiger partial charge in [-0.25, -0.2) is 4.98 Å². The summed E-state index contributed by atoms with van der Waals surface area (Å²) in [5, 5.41) is 19.1. The van der Waals surface area contributed by atoms with Gasteiger partial charge in [0.15, 0.2) is 6.23 Å². The lowest BCUT2D eigenvalue weighted by Gasteiger charge is -2.16. The summed E-state index contributed by atoms with van der Waals surface area (Å²) < 4.78 is 6.85. The number of rotatable bonds is 1. The van der Waals surface area contributed by atoms with Crippen LogP contribution in [0.3, 0.4) is 0 Å². The van der Waals surface area contributed by atoms with Crippen molar-refractivity contribution in [2.75, 3.05) is 5.73 Å². The molecule has 6 nitrogen and oxygen atoms in total. The lowest BCUT2D eigenvalue weighted by Crippen LogP contribution is -2.30. The lowest BCUT2D eigenvalue weighted by molar-refractivity contribution is -0.0308. The topological polar surface area (TPSA) is 93.5 Å². The largest absolute Gasteiger partial charge is 0.388 e. The second kappa shape index (κ2) is 3.23. The molecule has 6 heteroatoms. The van der Waals surface area contributed by atoms with Crippen molar-refractivity contribution in [1.82, 2.24) is 9.55 Å². The number of imidazole rings is 1. The van der Waals surface area contributed by atoms with Gasteiger partial charge in [0.2, 0.25) is 0 Å². The minimum atomic E-state index is -0.971. The molecule has 4 N–H and O–H groups in total. The third kappa shape index (κ3) is 1.28. The second-order valence-corrected chi connectivity index (χ2v) is 3.44. The zero-order valence-corrected chi connectivity index (χ0v) is 7.74. The third-order valence-corrected chi connectivity index (χ3v) is 2.45. The van der Waals surface area contributed by atoms with E-state index in [1.165, 1.54) is 17.1 Å². The van der Waals surface area contributed by atoms with Gasteiger partial charge in [-0.05, 0) is 6.92 Å². The fourth-order valence-corrected chi connectivity index (χ4v) is 1.58. The molecular formula is C8H13N3O3. The highest BCUT2D eigenvalue weighted by Gasteiger charge is 2.41. The number of aromatic nitrogens is 2. The Balaban J connectivity index is 2.25. The summed E-state index contributed by atoms with van der Waals surface area (Å²) in [6.45, 7) is 1.70. The van der Waals surface area contributed by atoms with Gasteiger partial charge in [0.05, 0.1) is 18.6 Å². The summed E-state index contributed by atoms with van der Waals surface area (Å²) in [6.07, 6.45) is 0.0157. The van der Waals surface area contributed by atoms with E-state index in [0.29, 0.717) is 5.82 Å². The maximum absolute atomic E-state index is 9.64. The van der Waals surface area contributed by atoms with Crippen molar-refractivity contribution < 1.29 is 14.9 Å². The van der Waals surface area contributed by atoms with Crippen LogP contribution >= 0.6 is 0 Å². The Morgan fingerprint density at radius 3 is 2.64 bits per heavy atom. The van der Waals surface area contributed by atoms with Crippen molar-refractivity contribution in [3.63, 3.8) is 0 Å². The second-order valence-electron chi connectivity index (χ2n) is 3.44. The molecule has 1 aromatic heterocycles. The summed E-state index contributed by atoms with van der Waals surface area (Å²) in [5.74, 6) is 0.398. The summed E-state index contributed by atoms with van der Waals surface area (Å²) in [5.41, 5.74) is 5.60. The molecule has 1 aliphatic heterocycles. The number of nitrogen functional groups attached to an aromatic ring is 1. The maximum atomic E-state index is 9.64. The van der Waals surface area contributed by atoms with Crippen LogP contribution in [0.15, 0.2) is 12.5 Å². The molecule has 1 aliphatic rings. The van der Waals surface area contributed by atoms with E-state index in [9.17, 15) is 10.2 Å². The number of ether oxygens (including phenoxy) is 1. The van der Waals surface area contributed by atoms with Gasteiger partial charge < -0.3 is 20.7 Å². The number of aliphatic hydroxyl groups is 2. The summed E-state index contributed by atoms with van der Waals surface area (Å²) in [6, 6.07) is 0. The Labute approximate surface area is 80.9 Å². The molecule has 0 bridgehead atoms. The number of hydrogen-bond acceptors (Lipinski definition) is 5. The normalized spacial score (nSPS) is 37.6. The van der Waals surface area contributed by atoms with Gasteiger partial charge in [0.25, 0.3) is 0 Å². The molecule has 0 aromatic carbocycles. The van der Waals surface area contributed by atoms with E-state index >= 15 is 0 Å². The molecule has 1 saturated heterocycles. The predicted octanol–water partition coefficient (Wildman–Crippen LogP) is -0.896. The van der Waals surface area contributed by atoms with Gasteiger partial charge in [-0.1, -0.05) is 0 Å². The SMILES string of the molecule is C[C@H]1O[C@@H](n2cncc2N)[C@H](O)[C@@H]1O. The van der Waals surface area contributed by atoms with Crippen molar-refractivity contribution in [1.29, 1.82) is 0 Å². The first-order valence-electron chi connectivity index (χ1n) is 4.40. The average Bonchev–Trinajstić information content (AvgIpc) is 2.66. The highest BCUT2D eigenvalue weighted by Crippen LogP contribution is 2.30. The highest BCUT2D eigenvalue weighted by molar-refractivity contribution is 5.25. The maximum Gasteiger partial charge on any atom is 0.165 e. The molecule has 1 fully saturated rings. The minimum absolute atomic E-state index is 0.398. The lowest BCUT2D eigenvalue weighted by atomic mass is 10.1. The van der Waals surface area contributed by atoms with E-state index in [4.69, 9.17) is 10.5 Å². The molecule has 0 unspecified atom stereocenters. The van der Waals surface area contributed by atoms with E-state index in [2.05, 4.69) is 4.98 Å². The minimum Gasteiger partial charge on any atom is -0.388 e. The predicted molar refractivity (Wildman–Crippen MR) is 48.2 cm³/mol. The van der Waals surface area contributed by atoms with Gasteiger partial charge in [0.1, 0.15) is 18.0 Å². The van der Waals surface area contributed by atoms with Gasteiger partial charge in [0, 0.05) is 0 Å². The number of nitrogens with two attached hydrogens (primary N) is 1. The Hall–Kier alpha value is -1.11. The van der Waals surface area contributed by atoms with Gasteiger partial charge in [-0.2, -0.15) is 0 Å². The van der Waals surface area contributed by atoms with Crippen LogP contribution in [-0.2, 0) is 4.74 Å². The first-order chi connectivity index (χ1) is 6.61. The van der Waals surface area contributed by atoms with E-state index < -0.39 is 24.5 Å². The van der Waals surface area contributed by atoms with Crippen LogP contribution in [0.1, 0.15) is 13.2 Å². The quantitative estimate of drug-likeness (QED) is 0.545. The molecule has 0 aliphatic carbocycles. The Morgan fingerprint density at radius 2 is 2.21 bits per heavy atom. The van der Waals surface area contributed by atoms with Crippen LogP contribution in [0.4, 0.5) is 5.82 Å². The van der Waals surface area contributed by atoms with Gasteiger partial charge in [-0.15, -0.1) is 0 Å². The van der Waals surface area contributed by atoms with Crippen LogP contribution < -0.4 is 5.73 Å². The van der Waals surface area contributed by atoms with Crippen LogP contribution in [0.25, 0.3) is 0 Å².